The highest BCUT2D eigenvalue weighted by Crippen LogP contribution is 2.46. The van der Waals surface area contributed by atoms with Crippen LogP contribution in [0.3, 0.4) is 0 Å². The Labute approximate surface area is 307 Å². The lowest BCUT2D eigenvalue weighted by atomic mass is 9.89. The van der Waals surface area contributed by atoms with Crippen LogP contribution < -0.4 is 0 Å². The molecule has 0 radical (unpaired) electrons. The van der Waals surface area contributed by atoms with Gasteiger partial charge in [-0.05, 0) is 69.8 Å². The lowest BCUT2D eigenvalue weighted by Gasteiger charge is -2.49. The zero-order valence-electron chi connectivity index (χ0n) is 28.0. The molecule has 1 amide bonds. The Balaban J connectivity index is 1.36. The minimum atomic E-state index is -1.53. The number of Topliss-reactive ketones (excluding diaryl/α,β-unsaturated/α-hetero) is 1. The summed E-state index contributed by atoms with van der Waals surface area (Å²) in [5.41, 5.74) is 0.109. The SMILES string of the molecule is Cc1nc(/C(=N/OC(C)(C)C(=O)OC(C)(C)C)C(=O)C[C@@H]2C(=O)N3C(C(=O)OC(c4ccccc4)c4ccccc4)=C(CI)CS[C@H]23)ns1. The lowest BCUT2D eigenvalue weighted by Crippen LogP contribution is -2.62. The first-order valence-corrected chi connectivity index (χ1v) is 18.9. The average molecular weight is 817 g/mol. The van der Waals surface area contributed by atoms with Gasteiger partial charge in [0.2, 0.25) is 11.5 Å². The number of benzene rings is 2. The quantitative estimate of drug-likeness (QED) is 0.0519. The van der Waals surface area contributed by atoms with E-state index in [1.807, 2.05) is 60.7 Å². The minimum absolute atomic E-state index is 0.0386. The van der Waals surface area contributed by atoms with Gasteiger partial charge in [0.05, 0.1) is 11.3 Å². The van der Waals surface area contributed by atoms with E-state index in [2.05, 4.69) is 37.1 Å². The highest BCUT2D eigenvalue weighted by Gasteiger charge is 2.54. The molecule has 0 saturated carbocycles. The molecule has 0 spiro atoms. The number of carbonyl (C=O) groups is 4. The summed E-state index contributed by atoms with van der Waals surface area (Å²) in [6, 6.07) is 18.9. The lowest BCUT2D eigenvalue weighted by molar-refractivity contribution is -0.179. The largest absolute Gasteiger partial charge is 0.457 e. The van der Waals surface area contributed by atoms with Crippen molar-refractivity contribution in [3.05, 3.63) is 93.9 Å². The molecule has 2 aromatic carbocycles. The van der Waals surface area contributed by atoms with Gasteiger partial charge in [-0.1, -0.05) is 88.4 Å². The van der Waals surface area contributed by atoms with Gasteiger partial charge < -0.3 is 14.3 Å². The number of carbonyl (C=O) groups excluding carboxylic acids is 4. The molecule has 3 aromatic rings. The molecular formula is C35H37IN4O7S2. The van der Waals surface area contributed by atoms with Crippen LogP contribution in [0.5, 0.6) is 0 Å². The summed E-state index contributed by atoms with van der Waals surface area (Å²) in [4.78, 5) is 65.7. The molecule has 2 atom stereocenters. The van der Waals surface area contributed by atoms with E-state index >= 15 is 0 Å². The Bertz CT molecular complexity index is 1750. The summed E-state index contributed by atoms with van der Waals surface area (Å²) in [6.45, 7) is 9.90. The van der Waals surface area contributed by atoms with E-state index in [1.54, 1.807) is 27.7 Å². The van der Waals surface area contributed by atoms with Gasteiger partial charge in [-0.3, -0.25) is 14.5 Å². The number of oxime groups is 1. The summed E-state index contributed by atoms with van der Waals surface area (Å²) in [6.07, 6.45) is -0.906. The van der Waals surface area contributed by atoms with E-state index < -0.39 is 46.3 Å². The number of ketones is 1. The Morgan fingerprint density at radius 1 is 1.02 bits per heavy atom. The third-order valence-electron chi connectivity index (χ3n) is 7.61. The van der Waals surface area contributed by atoms with Crippen molar-refractivity contribution in [1.82, 2.24) is 14.3 Å². The topological polar surface area (TPSA) is 137 Å². The van der Waals surface area contributed by atoms with Gasteiger partial charge in [-0.25, -0.2) is 14.6 Å². The maximum atomic E-state index is 14.0. The average Bonchev–Trinajstić information content (AvgIpc) is 3.50. The number of thioether (sulfide) groups is 1. The summed E-state index contributed by atoms with van der Waals surface area (Å²) in [5.74, 6) is -2.37. The maximum absolute atomic E-state index is 14.0. The molecule has 5 rings (SSSR count). The van der Waals surface area contributed by atoms with Gasteiger partial charge in [0.1, 0.15) is 16.3 Å². The van der Waals surface area contributed by atoms with Gasteiger partial charge >= 0.3 is 11.9 Å². The maximum Gasteiger partial charge on any atom is 0.356 e. The molecule has 14 heteroatoms. The number of ether oxygens (including phenoxy) is 2. The number of β-lactam (4-membered cyclic amide) rings is 1. The molecule has 1 fully saturated rings. The molecular weight excluding hydrogens is 779 g/mol. The number of amides is 1. The van der Waals surface area contributed by atoms with Crippen molar-refractivity contribution in [2.45, 2.75) is 70.6 Å². The number of nitrogens with zero attached hydrogens (tertiary/aromatic N) is 4. The fourth-order valence-electron chi connectivity index (χ4n) is 5.16. The number of esters is 2. The highest BCUT2D eigenvalue weighted by molar-refractivity contribution is 14.1. The normalized spacial score (nSPS) is 18.2. The van der Waals surface area contributed by atoms with Crippen molar-refractivity contribution in [3.8, 4) is 0 Å². The number of aromatic nitrogens is 2. The van der Waals surface area contributed by atoms with Gasteiger partial charge in [0.15, 0.2) is 23.4 Å². The predicted molar refractivity (Wildman–Crippen MR) is 195 cm³/mol. The van der Waals surface area contributed by atoms with Gasteiger partial charge in [-0.2, -0.15) is 4.37 Å². The van der Waals surface area contributed by atoms with Crippen LogP contribution in [0, 0.1) is 12.8 Å². The number of hydrogen-bond acceptors (Lipinski definition) is 12. The van der Waals surface area contributed by atoms with Crippen LogP contribution in [-0.4, -0.2) is 70.4 Å². The van der Waals surface area contributed by atoms with Crippen LogP contribution in [0.25, 0.3) is 0 Å². The molecule has 2 aliphatic heterocycles. The molecule has 11 nitrogen and oxygen atoms in total. The van der Waals surface area contributed by atoms with Gasteiger partial charge in [-0.15, -0.1) is 11.8 Å². The Kier molecular flexibility index (Phi) is 11.3. The monoisotopic (exact) mass is 816 g/mol. The first-order chi connectivity index (χ1) is 23.2. The van der Waals surface area contributed by atoms with Gasteiger partial charge in [0, 0.05) is 16.6 Å². The molecule has 1 aromatic heterocycles. The summed E-state index contributed by atoms with van der Waals surface area (Å²) in [7, 11) is 0. The van der Waals surface area contributed by atoms with Crippen LogP contribution in [0.4, 0.5) is 0 Å². The summed E-state index contributed by atoms with van der Waals surface area (Å²) in [5, 5.41) is 4.19. The van der Waals surface area contributed by atoms with E-state index in [0.717, 1.165) is 28.2 Å². The Morgan fingerprint density at radius 2 is 1.63 bits per heavy atom. The van der Waals surface area contributed by atoms with Crippen molar-refractivity contribution >= 4 is 75.2 Å². The third kappa shape index (κ3) is 8.40. The van der Waals surface area contributed by atoms with Crippen LogP contribution >= 0.6 is 45.9 Å². The Hall–Kier alpha value is -3.63. The van der Waals surface area contributed by atoms with Gasteiger partial charge in [0.25, 0.3) is 0 Å². The second-order valence-corrected chi connectivity index (χ2v) is 15.8. The molecule has 0 aliphatic carbocycles. The van der Waals surface area contributed by atoms with E-state index in [4.69, 9.17) is 14.3 Å². The van der Waals surface area contributed by atoms with Crippen LogP contribution in [0.2, 0.25) is 0 Å². The smallest absolute Gasteiger partial charge is 0.356 e. The predicted octanol–water partition coefficient (Wildman–Crippen LogP) is 6.20. The second-order valence-electron chi connectivity index (χ2n) is 13.0. The number of alkyl halides is 1. The van der Waals surface area contributed by atoms with Crippen molar-refractivity contribution in [2.75, 3.05) is 10.2 Å². The van der Waals surface area contributed by atoms with E-state index in [-0.39, 0.29) is 29.6 Å². The van der Waals surface area contributed by atoms with Crippen LogP contribution in [0.15, 0.2) is 77.1 Å². The Morgan fingerprint density at radius 3 is 2.16 bits per heavy atom. The van der Waals surface area contributed by atoms with Crippen molar-refractivity contribution in [2.24, 2.45) is 11.1 Å². The molecule has 3 heterocycles. The van der Waals surface area contributed by atoms with Crippen LogP contribution in [-0.2, 0) is 33.5 Å². The highest BCUT2D eigenvalue weighted by atomic mass is 127. The van der Waals surface area contributed by atoms with Crippen molar-refractivity contribution in [1.29, 1.82) is 0 Å². The number of fused-ring (bicyclic) bond motifs is 1. The van der Waals surface area contributed by atoms with Crippen molar-refractivity contribution in [3.63, 3.8) is 0 Å². The number of halogens is 1. The number of aryl methyl sites for hydroxylation is 1. The second kappa shape index (κ2) is 15.1. The van der Waals surface area contributed by atoms with Crippen LogP contribution in [0.1, 0.15) is 69.1 Å². The number of hydrogen-bond donors (Lipinski definition) is 0. The number of rotatable bonds is 12. The molecule has 0 unspecified atom stereocenters. The molecule has 49 heavy (non-hydrogen) atoms. The molecule has 0 bridgehead atoms. The zero-order valence-corrected chi connectivity index (χ0v) is 31.8. The zero-order chi connectivity index (χ0) is 35.5. The van der Waals surface area contributed by atoms with E-state index in [9.17, 15) is 19.2 Å². The molecule has 0 N–H and O–H groups in total. The molecule has 2 aliphatic rings. The minimum Gasteiger partial charge on any atom is -0.457 e. The first kappa shape index (κ1) is 36.6. The fraction of sp³-hybridized carbons (Fsp3) is 0.400. The van der Waals surface area contributed by atoms with Crippen molar-refractivity contribution < 1.29 is 33.5 Å². The third-order valence-corrected chi connectivity index (χ3v) is 10.5. The fourth-order valence-corrected chi connectivity index (χ4v) is 8.05. The summed E-state index contributed by atoms with van der Waals surface area (Å²) < 4.78 is 16.4. The first-order valence-electron chi connectivity index (χ1n) is 15.6. The molecule has 1 saturated heterocycles. The summed E-state index contributed by atoms with van der Waals surface area (Å²) >= 11 is 4.76. The molecule has 258 valence electrons. The van der Waals surface area contributed by atoms with E-state index in [1.165, 1.54) is 30.5 Å². The van der Waals surface area contributed by atoms with E-state index in [0.29, 0.717) is 15.2 Å². The standard InChI is InChI=1S/C35H37IN4O7S2/c1-20-37-29(39-49-20)26(38-47-35(5,6)33(44)46-34(2,3)4)25(41)17-24-30(42)40-27(23(18-36)19-48-31(24)40)32(43)45-28(21-13-9-7-10-14-21)22-15-11-8-12-16-22/h7-16,24,28,31H,17-19H2,1-6H3/b38-26+/t24-,31-/m1/s1.